The lowest BCUT2D eigenvalue weighted by Crippen LogP contribution is -2.22. The van der Waals surface area contributed by atoms with E-state index in [2.05, 4.69) is 20.4 Å². The second-order valence-electron chi connectivity index (χ2n) is 7.79. The fourth-order valence-electron chi connectivity index (χ4n) is 3.55. The first-order chi connectivity index (χ1) is 13.9. The van der Waals surface area contributed by atoms with Crippen molar-refractivity contribution in [3.63, 3.8) is 0 Å². The van der Waals surface area contributed by atoms with E-state index in [9.17, 15) is 17.2 Å². The first kappa shape index (κ1) is 20.6. The van der Waals surface area contributed by atoms with Crippen LogP contribution in [-0.2, 0) is 28.8 Å². The standard InChI is InChI=1S/C19H22F2N6O2S/c1-11-7-16(27-18(22-11)24-17(25-27)19(2,20)21)23-14-8-12-5-6-15(10-13(12)9-14)30(28,29)26(3)4/h5-7,10,14,23H,8-9H2,1-4H3. The molecule has 30 heavy (non-hydrogen) atoms. The van der Waals surface area contributed by atoms with Crippen LogP contribution in [0.1, 0.15) is 29.6 Å². The highest BCUT2D eigenvalue weighted by Gasteiger charge is 2.31. The Morgan fingerprint density at radius 1 is 1.17 bits per heavy atom. The Morgan fingerprint density at radius 3 is 2.53 bits per heavy atom. The fourth-order valence-corrected chi connectivity index (χ4v) is 4.51. The van der Waals surface area contributed by atoms with E-state index in [4.69, 9.17) is 0 Å². The summed E-state index contributed by atoms with van der Waals surface area (Å²) in [5, 5.41) is 7.26. The topological polar surface area (TPSA) is 92.5 Å². The second kappa shape index (κ2) is 6.95. The number of fused-ring (bicyclic) bond motifs is 2. The minimum absolute atomic E-state index is 0.0444. The molecule has 0 saturated carbocycles. The Kier molecular flexibility index (Phi) is 4.77. The molecule has 1 unspecified atom stereocenters. The number of sulfonamides is 1. The van der Waals surface area contributed by atoms with Gasteiger partial charge in [-0.2, -0.15) is 18.3 Å². The van der Waals surface area contributed by atoms with Crippen LogP contribution >= 0.6 is 0 Å². The van der Waals surface area contributed by atoms with Crippen molar-refractivity contribution in [1.82, 2.24) is 23.9 Å². The van der Waals surface area contributed by atoms with E-state index in [1.54, 1.807) is 25.1 Å². The summed E-state index contributed by atoms with van der Waals surface area (Å²) in [6, 6.07) is 6.82. The Morgan fingerprint density at radius 2 is 1.87 bits per heavy atom. The van der Waals surface area contributed by atoms with Gasteiger partial charge in [0.05, 0.1) is 4.90 Å². The van der Waals surface area contributed by atoms with Gasteiger partial charge in [-0.05, 0) is 43.0 Å². The van der Waals surface area contributed by atoms with Gasteiger partial charge in [0.15, 0.2) is 0 Å². The van der Waals surface area contributed by atoms with Crippen molar-refractivity contribution in [3.05, 3.63) is 46.9 Å². The van der Waals surface area contributed by atoms with Crippen LogP contribution in [0.4, 0.5) is 14.6 Å². The molecule has 0 spiro atoms. The van der Waals surface area contributed by atoms with E-state index in [1.807, 2.05) is 6.07 Å². The van der Waals surface area contributed by atoms with Crippen LogP contribution in [0.5, 0.6) is 0 Å². The minimum atomic E-state index is -3.51. The second-order valence-corrected chi connectivity index (χ2v) is 9.94. The van der Waals surface area contributed by atoms with Crippen LogP contribution < -0.4 is 5.32 Å². The molecule has 0 fully saturated rings. The molecule has 2 heterocycles. The van der Waals surface area contributed by atoms with Gasteiger partial charge in [0.1, 0.15) is 5.82 Å². The van der Waals surface area contributed by atoms with Gasteiger partial charge in [-0.25, -0.2) is 17.7 Å². The summed E-state index contributed by atoms with van der Waals surface area (Å²) >= 11 is 0. The molecule has 1 atom stereocenters. The van der Waals surface area contributed by atoms with Crippen molar-refractivity contribution in [3.8, 4) is 0 Å². The maximum atomic E-state index is 13.7. The third kappa shape index (κ3) is 3.63. The average molecular weight is 436 g/mol. The molecule has 0 aliphatic heterocycles. The third-order valence-corrected chi connectivity index (χ3v) is 6.88. The van der Waals surface area contributed by atoms with E-state index < -0.39 is 21.8 Å². The van der Waals surface area contributed by atoms with E-state index in [0.29, 0.717) is 24.4 Å². The molecule has 1 aromatic carbocycles. The van der Waals surface area contributed by atoms with Gasteiger partial charge in [-0.15, -0.1) is 5.10 Å². The summed E-state index contributed by atoms with van der Waals surface area (Å²) in [6.07, 6.45) is 1.27. The number of benzene rings is 1. The molecule has 8 nitrogen and oxygen atoms in total. The van der Waals surface area contributed by atoms with E-state index >= 15 is 0 Å². The number of alkyl halides is 2. The van der Waals surface area contributed by atoms with E-state index in [0.717, 1.165) is 18.1 Å². The minimum Gasteiger partial charge on any atom is -0.366 e. The van der Waals surface area contributed by atoms with Crippen LogP contribution in [0, 0.1) is 6.92 Å². The van der Waals surface area contributed by atoms with Crippen molar-refractivity contribution in [2.45, 2.75) is 43.5 Å². The third-order valence-electron chi connectivity index (χ3n) is 5.07. The van der Waals surface area contributed by atoms with Gasteiger partial charge in [-0.3, -0.25) is 0 Å². The lowest BCUT2D eigenvalue weighted by Gasteiger charge is -2.14. The predicted molar refractivity (Wildman–Crippen MR) is 107 cm³/mol. The van der Waals surface area contributed by atoms with Crippen LogP contribution in [0.15, 0.2) is 29.2 Å². The SMILES string of the molecule is Cc1cc(NC2Cc3ccc(S(=O)(=O)N(C)C)cc3C2)n2nc(C(C)(F)F)nc2n1. The lowest BCUT2D eigenvalue weighted by molar-refractivity contribution is 0.00800. The number of nitrogens with zero attached hydrogens (tertiary/aromatic N) is 5. The summed E-state index contributed by atoms with van der Waals surface area (Å²) in [5.41, 5.74) is 2.61. The zero-order valence-electron chi connectivity index (χ0n) is 17.0. The largest absolute Gasteiger partial charge is 0.366 e. The molecule has 0 amide bonds. The Hall–Kier alpha value is -2.66. The summed E-state index contributed by atoms with van der Waals surface area (Å²) in [4.78, 5) is 8.29. The summed E-state index contributed by atoms with van der Waals surface area (Å²) < 4.78 is 54.6. The number of hydrogen-bond acceptors (Lipinski definition) is 6. The molecule has 4 rings (SSSR count). The molecule has 11 heteroatoms. The average Bonchev–Trinajstić information content (AvgIpc) is 3.23. The molecule has 1 N–H and O–H groups in total. The fraction of sp³-hybridized carbons (Fsp3) is 0.421. The maximum Gasteiger partial charge on any atom is 0.305 e. The van der Waals surface area contributed by atoms with Gasteiger partial charge in [0.2, 0.25) is 15.8 Å². The molecule has 1 aliphatic rings. The molecule has 1 aliphatic carbocycles. The first-order valence-electron chi connectivity index (χ1n) is 9.39. The number of aryl methyl sites for hydroxylation is 1. The van der Waals surface area contributed by atoms with Gasteiger partial charge < -0.3 is 5.32 Å². The molecule has 3 aromatic rings. The zero-order valence-corrected chi connectivity index (χ0v) is 17.8. The van der Waals surface area contributed by atoms with Crippen LogP contribution in [-0.4, -0.2) is 52.4 Å². The van der Waals surface area contributed by atoms with Crippen LogP contribution in [0.3, 0.4) is 0 Å². The van der Waals surface area contributed by atoms with Gasteiger partial charge >= 0.3 is 5.92 Å². The summed E-state index contributed by atoms with van der Waals surface area (Å²) in [5.74, 6) is -3.14. The lowest BCUT2D eigenvalue weighted by atomic mass is 10.1. The zero-order chi connectivity index (χ0) is 21.8. The highest BCUT2D eigenvalue weighted by molar-refractivity contribution is 7.89. The normalized spacial score (nSPS) is 17.0. The Bertz CT molecular complexity index is 1230. The maximum absolute atomic E-state index is 13.7. The molecule has 160 valence electrons. The summed E-state index contributed by atoms with van der Waals surface area (Å²) in [6.45, 7) is 2.50. The molecule has 0 saturated heterocycles. The van der Waals surface area contributed by atoms with E-state index in [-0.39, 0.29) is 16.7 Å². The number of halogens is 2. The van der Waals surface area contributed by atoms with Crippen LogP contribution in [0.2, 0.25) is 0 Å². The number of aromatic nitrogens is 4. The molecular weight excluding hydrogens is 414 g/mol. The number of anilines is 1. The number of rotatable bonds is 5. The number of nitrogens with one attached hydrogen (secondary N) is 1. The molecule has 0 bridgehead atoms. The van der Waals surface area contributed by atoms with Crippen molar-refractivity contribution < 1.29 is 17.2 Å². The van der Waals surface area contributed by atoms with Gasteiger partial charge in [0, 0.05) is 38.8 Å². The van der Waals surface area contributed by atoms with Crippen molar-refractivity contribution in [2.24, 2.45) is 0 Å². The first-order valence-corrected chi connectivity index (χ1v) is 10.8. The highest BCUT2D eigenvalue weighted by Crippen LogP contribution is 2.29. The molecule has 0 radical (unpaired) electrons. The Balaban J connectivity index is 1.62. The molecule has 2 aromatic heterocycles. The molecular formula is C19H22F2N6O2S. The van der Waals surface area contributed by atoms with Crippen molar-refractivity contribution in [2.75, 3.05) is 19.4 Å². The van der Waals surface area contributed by atoms with Gasteiger partial charge in [0.25, 0.3) is 5.78 Å². The predicted octanol–water partition coefficient (Wildman–Crippen LogP) is 2.37. The number of hydrogen-bond donors (Lipinski definition) is 1. The van der Waals surface area contributed by atoms with Crippen molar-refractivity contribution >= 4 is 21.6 Å². The monoisotopic (exact) mass is 436 g/mol. The highest BCUT2D eigenvalue weighted by atomic mass is 32.2. The smallest absolute Gasteiger partial charge is 0.305 e. The van der Waals surface area contributed by atoms with E-state index in [1.165, 1.54) is 22.9 Å². The van der Waals surface area contributed by atoms with Crippen LogP contribution in [0.25, 0.3) is 5.78 Å². The van der Waals surface area contributed by atoms with Gasteiger partial charge in [-0.1, -0.05) is 6.07 Å². The summed E-state index contributed by atoms with van der Waals surface area (Å²) in [7, 11) is -0.517. The Labute approximate surface area is 173 Å². The quantitative estimate of drug-likeness (QED) is 0.660. The van der Waals surface area contributed by atoms with Crippen molar-refractivity contribution in [1.29, 1.82) is 0 Å².